The lowest BCUT2D eigenvalue weighted by Crippen LogP contribution is -2.43. The fourth-order valence-corrected chi connectivity index (χ4v) is 4.18. The molecule has 3 aliphatic rings. The van der Waals surface area contributed by atoms with Crippen molar-refractivity contribution < 1.29 is 9.53 Å². The molecule has 3 aliphatic heterocycles. The highest BCUT2D eigenvalue weighted by atomic mass is 35.5. The van der Waals surface area contributed by atoms with Gasteiger partial charge in [-0.3, -0.25) is 9.69 Å². The summed E-state index contributed by atoms with van der Waals surface area (Å²) in [6.45, 7) is 7.68. The summed E-state index contributed by atoms with van der Waals surface area (Å²) in [7, 11) is 0. The lowest BCUT2D eigenvalue weighted by atomic mass is 9.85. The van der Waals surface area contributed by atoms with Gasteiger partial charge in [0.2, 0.25) is 11.9 Å². The molecule has 3 fully saturated rings. The van der Waals surface area contributed by atoms with Crippen LogP contribution in [0.15, 0.2) is 12.4 Å². The first-order valence-corrected chi connectivity index (χ1v) is 9.36. The Bertz CT molecular complexity index is 622. The number of amides is 1. The Morgan fingerprint density at radius 2 is 1.80 bits per heavy atom. The molecular formula is C17H24ClN5O2. The molecule has 0 aliphatic carbocycles. The monoisotopic (exact) mass is 365 g/mol. The molecule has 1 aromatic heterocycles. The van der Waals surface area contributed by atoms with Gasteiger partial charge in [0.1, 0.15) is 0 Å². The molecule has 136 valence electrons. The topological polar surface area (TPSA) is 61.8 Å². The number of carbonyl (C=O) groups is 1. The highest BCUT2D eigenvalue weighted by Crippen LogP contribution is 2.41. The van der Waals surface area contributed by atoms with Gasteiger partial charge in [0.05, 0.1) is 36.0 Å². The number of hydrogen-bond donors (Lipinski definition) is 0. The molecule has 0 radical (unpaired) electrons. The van der Waals surface area contributed by atoms with Crippen LogP contribution in [0.3, 0.4) is 0 Å². The summed E-state index contributed by atoms with van der Waals surface area (Å²) in [6.07, 6.45) is 5.03. The molecule has 1 amide bonds. The third-order valence-electron chi connectivity index (χ3n) is 5.63. The Kier molecular flexibility index (Phi) is 4.80. The summed E-state index contributed by atoms with van der Waals surface area (Å²) in [5.74, 6) is 0.970. The normalized spacial score (nSPS) is 27.6. The number of carbonyl (C=O) groups excluding carboxylic acids is 1. The van der Waals surface area contributed by atoms with Crippen LogP contribution >= 0.6 is 11.6 Å². The predicted molar refractivity (Wildman–Crippen MR) is 94.8 cm³/mol. The Balaban J connectivity index is 1.35. The molecule has 8 heteroatoms. The number of morpholine rings is 1. The van der Waals surface area contributed by atoms with Crippen LogP contribution in [0.25, 0.3) is 0 Å². The fraction of sp³-hybridized carbons (Fsp3) is 0.706. The maximum atomic E-state index is 13.0. The standard InChI is InChI=1S/C17H24ClN5O2/c18-14-11-19-16(20-12-14)23-4-2-17(13-23)1-3-22(15(17)24)6-5-21-7-9-25-10-8-21/h11-12H,1-10,13H2. The lowest BCUT2D eigenvalue weighted by Gasteiger charge is -2.29. The second-order valence-corrected chi connectivity index (χ2v) is 7.59. The summed E-state index contributed by atoms with van der Waals surface area (Å²) >= 11 is 5.86. The fourth-order valence-electron chi connectivity index (χ4n) is 4.08. The van der Waals surface area contributed by atoms with Crippen molar-refractivity contribution in [2.45, 2.75) is 12.8 Å². The number of anilines is 1. The van der Waals surface area contributed by atoms with Gasteiger partial charge in [0.25, 0.3) is 0 Å². The van der Waals surface area contributed by atoms with Crippen molar-refractivity contribution in [3.8, 4) is 0 Å². The minimum absolute atomic E-state index is 0.256. The van der Waals surface area contributed by atoms with E-state index in [0.717, 1.165) is 65.3 Å². The van der Waals surface area contributed by atoms with Crippen molar-refractivity contribution >= 4 is 23.5 Å². The van der Waals surface area contributed by atoms with E-state index in [1.165, 1.54) is 0 Å². The average molecular weight is 366 g/mol. The zero-order chi connectivity index (χ0) is 17.3. The van der Waals surface area contributed by atoms with E-state index >= 15 is 0 Å². The highest BCUT2D eigenvalue weighted by molar-refractivity contribution is 6.30. The van der Waals surface area contributed by atoms with Gasteiger partial charge in [0.15, 0.2) is 0 Å². The van der Waals surface area contributed by atoms with Gasteiger partial charge in [-0.2, -0.15) is 0 Å². The average Bonchev–Trinajstić information content (AvgIpc) is 3.21. The van der Waals surface area contributed by atoms with Crippen molar-refractivity contribution in [3.05, 3.63) is 17.4 Å². The number of aromatic nitrogens is 2. The molecule has 1 aromatic rings. The molecule has 0 aromatic carbocycles. The van der Waals surface area contributed by atoms with E-state index in [1.54, 1.807) is 12.4 Å². The van der Waals surface area contributed by atoms with Crippen molar-refractivity contribution in [1.82, 2.24) is 19.8 Å². The summed E-state index contributed by atoms with van der Waals surface area (Å²) in [5.41, 5.74) is -0.256. The first kappa shape index (κ1) is 17.0. The summed E-state index contributed by atoms with van der Waals surface area (Å²) in [6, 6.07) is 0. The molecule has 3 saturated heterocycles. The maximum Gasteiger partial charge on any atom is 0.230 e. The van der Waals surface area contributed by atoms with E-state index in [1.807, 2.05) is 4.90 Å². The molecule has 7 nitrogen and oxygen atoms in total. The van der Waals surface area contributed by atoms with Gasteiger partial charge in [0, 0.05) is 45.8 Å². The van der Waals surface area contributed by atoms with E-state index in [4.69, 9.17) is 16.3 Å². The van der Waals surface area contributed by atoms with Crippen LogP contribution in [0.2, 0.25) is 5.02 Å². The van der Waals surface area contributed by atoms with Gasteiger partial charge < -0.3 is 14.5 Å². The van der Waals surface area contributed by atoms with Gasteiger partial charge in [-0.25, -0.2) is 9.97 Å². The molecule has 1 unspecified atom stereocenters. The van der Waals surface area contributed by atoms with Gasteiger partial charge in [-0.1, -0.05) is 11.6 Å². The molecule has 0 bridgehead atoms. The van der Waals surface area contributed by atoms with Crippen LogP contribution in [-0.4, -0.2) is 84.7 Å². The SMILES string of the molecule is O=C1N(CCN2CCOCC2)CCC12CCN(c1ncc(Cl)cn1)C2. The van der Waals surface area contributed by atoms with E-state index in [0.29, 0.717) is 23.4 Å². The highest BCUT2D eigenvalue weighted by Gasteiger charge is 2.51. The van der Waals surface area contributed by atoms with Crippen molar-refractivity contribution in [1.29, 1.82) is 0 Å². The molecule has 4 heterocycles. The second kappa shape index (κ2) is 7.05. The summed E-state index contributed by atoms with van der Waals surface area (Å²) in [5, 5.41) is 0.531. The van der Waals surface area contributed by atoms with Crippen molar-refractivity contribution in [3.63, 3.8) is 0 Å². The molecular weight excluding hydrogens is 342 g/mol. The van der Waals surface area contributed by atoms with Gasteiger partial charge in [-0.05, 0) is 12.8 Å². The van der Waals surface area contributed by atoms with Crippen LogP contribution in [0, 0.1) is 5.41 Å². The molecule has 1 spiro atoms. The van der Waals surface area contributed by atoms with Crippen LogP contribution in [0.1, 0.15) is 12.8 Å². The predicted octanol–water partition coefficient (Wildman–Crippen LogP) is 0.891. The smallest absolute Gasteiger partial charge is 0.230 e. The van der Waals surface area contributed by atoms with Gasteiger partial charge in [-0.15, -0.1) is 0 Å². The van der Waals surface area contributed by atoms with E-state index < -0.39 is 0 Å². The molecule has 4 rings (SSSR count). The molecule has 25 heavy (non-hydrogen) atoms. The molecule has 0 saturated carbocycles. The third kappa shape index (κ3) is 3.45. The van der Waals surface area contributed by atoms with Crippen molar-refractivity contribution in [2.75, 3.05) is 63.9 Å². The number of halogens is 1. The Labute approximate surface area is 152 Å². The zero-order valence-electron chi connectivity index (χ0n) is 14.4. The molecule has 0 N–H and O–H groups in total. The van der Waals surface area contributed by atoms with Crippen LogP contribution in [0.5, 0.6) is 0 Å². The zero-order valence-corrected chi connectivity index (χ0v) is 15.1. The third-order valence-corrected chi connectivity index (χ3v) is 5.83. The van der Waals surface area contributed by atoms with E-state index in [2.05, 4.69) is 19.8 Å². The number of ether oxygens (including phenoxy) is 1. The van der Waals surface area contributed by atoms with Crippen LogP contribution in [0.4, 0.5) is 5.95 Å². The van der Waals surface area contributed by atoms with Crippen molar-refractivity contribution in [2.24, 2.45) is 5.41 Å². The Hall–Kier alpha value is -1.44. The second-order valence-electron chi connectivity index (χ2n) is 7.15. The first-order chi connectivity index (χ1) is 12.2. The molecule has 1 atom stereocenters. The number of hydrogen-bond acceptors (Lipinski definition) is 6. The number of likely N-dealkylation sites (tertiary alicyclic amines) is 1. The van der Waals surface area contributed by atoms with Gasteiger partial charge >= 0.3 is 0 Å². The minimum Gasteiger partial charge on any atom is -0.379 e. The number of rotatable bonds is 4. The summed E-state index contributed by atoms with van der Waals surface area (Å²) < 4.78 is 5.38. The van der Waals surface area contributed by atoms with Crippen LogP contribution < -0.4 is 4.90 Å². The first-order valence-electron chi connectivity index (χ1n) is 8.98. The summed E-state index contributed by atoms with van der Waals surface area (Å²) in [4.78, 5) is 28.2. The minimum atomic E-state index is -0.256. The van der Waals surface area contributed by atoms with E-state index in [-0.39, 0.29) is 5.41 Å². The Morgan fingerprint density at radius 1 is 1.08 bits per heavy atom. The lowest BCUT2D eigenvalue weighted by molar-refractivity contribution is -0.135. The maximum absolute atomic E-state index is 13.0. The Morgan fingerprint density at radius 3 is 2.56 bits per heavy atom. The van der Waals surface area contributed by atoms with Crippen LogP contribution in [-0.2, 0) is 9.53 Å². The van der Waals surface area contributed by atoms with E-state index in [9.17, 15) is 4.79 Å². The largest absolute Gasteiger partial charge is 0.379 e. The quantitative estimate of drug-likeness (QED) is 0.789. The number of nitrogens with zero attached hydrogens (tertiary/aromatic N) is 5.